The Bertz CT molecular complexity index is 478. The first-order valence-corrected chi connectivity index (χ1v) is 7.64. The van der Waals surface area contributed by atoms with Gasteiger partial charge in [0.2, 0.25) is 0 Å². The summed E-state index contributed by atoms with van der Waals surface area (Å²) < 4.78 is 6.35. The van der Waals surface area contributed by atoms with Crippen molar-refractivity contribution in [3.63, 3.8) is 0 Å². The smallest absolute Gasteiger partial charge is 0.303 e. The van der Waals surface area contributed by atoms with E-state index in [1.165, 1.54) is 5.56 Å². The van der Waals surface area contributed by atoms with Crippen LogP contribution in [-0.2, 0) is 11.3 Å². The van der Waals surface area contributed by atoms with Gasteiger partial charge >= 0.3 is 5.97 Å². The van der Waals surface area contributed by atoms with Crippen molar-refractivity contribution in [3.8, 4) is 5.75 Å². The topological polar surface area (TPSA) is 49.8 Å². The fourth-order valence-electron chi connectivity index (χ4n) is 2.66. The third kappa shape index (κ3) is 4.21. The minimum absolute atomic E-state index is 0.279. The highest BCUT2D eigenvalue weighted by Gasteiger charge is 2.23. The Labute approximate surface area is 127 Å². The van der Waals surface area contributed by atoms with Gasteiger partial charge in [-0.25, -0.2) is 0 Å². The van der Waals surface area contributed by atoms with Crippen molar-refractivity contribution < 1.29 is 14.6 Å². The summed E-state index contributed by atoms with van der Waals surface area (Å²) in [7, 11) is 1.67. The predicted octanol–water partition coefficient (Wildman–Crippen LogP) is 3.14. The number of carboxylic acid groups (broad SMARTS) is 1. The number of carboxylic acids is 1. The van der Waals surface area contributed by atoms with Crippen molar-refractivity contribution in [3.05, 3.63) is 28.2 Å². The molecule has 1 heterocycles. The molecule has 2 rings (SSSR count). The first kappa shape index (κ1) is 15.3. The first-order valence-electron chi connectivity index (χ1n) is 6.85. The van der Waals surface area contributed by atoms with E-state index in [-0.39, 0.29) is 6.42 Å². The van der Waals surface area contributed by atoms with Crippen LogP contribution in [0.2, 0.25) is 0 Å². The molecule has 0 bridgehead atoms. The molecule has 4 nitrogen and oxygen atoms in total. The number of methoxy groups -OCH3 is 1. The van der Waals surface area contributed by atoms with Gasteiger partial charge in [-0.2, -0.15) is 0 Å². The zero-order valence-electron chi connectivity index (χ0n) is 11.6. The van der Waals surface area contributed by atoms with Gasteiger partial charge in [0.1, 0.15) is 5.75 Å². The van der Waals surface area contributed by atoms with Gasteiger partial charge in [0.15, 0.2) is 0 Å². The lowest BCUT2D eigenvalue weighted by atomic mass is 10.0. The number of nitrogens with zero attached hydrogens (tertiary/aromatic N) is 1. The van der Waals surface area contributed by atoms with Crippen LogP contribution >= 0.6 is 15.9 Å². The normalized spacial score (nSPS) is 19.2. The molecule has 0 amide bonds. The number of hydrogen-bond acceptors (Lipinski definition) is 3. The van der Waals surface area contributed by atoms with Gasteiger partial charge in [-0.05, 0) is 49.1 Å². The molecule has 1 aromatic carbocycles. The van der Waals surface area contributed by atoms with Crippen LogP contribution < -0.4 is 4.74 Å². The van der Waals surface area contributed by atoms with Crippen LogP contribution in [0.1, 0.15) is 24.8 Å². The van der Waals surface area contributed by atoms with Crippen LogP contribution in [0.4, 0.5) is 0 Å². The van der Waals surface area contributed by atoms with Crippen LogP contribution in [0.3, 0.4) is 0 Å². The number of carbonyl (C=O) groups is 1. The lowest BCUT2D eigenvalue weighted by Crippen LogP contribution is -2.20. The minimum atomic E-state index is -0.695. The van der Waals surface area contributed by atoms with Gasteiger partial charge in [0, 0.05) is 24.0 Å². The molecule has 1 N–H and O–H groups in total. The molecule has 110 valence electrons. The van der Waals surface area contributed by atoms with Crippen LogP contribution in [0.25, 0.3) is 0 Å². The average Bonchev–Trinajstić information content (AvgIpc) is 2.86. The van der Waals surface area contributed by atoms with E-state index >= 15 is 0 Å². The van der Waals surface area contributed by atoms with Gasteiger partial charge in [0.05, 0.1) is 7.11 Å². The largest absolute Gasteiger partial charge is 0.497 e. The molecule has 1 fully saturated rings. The maximum absolute atomic E-state index is 10.6. The number of likely N-dealkylation sites (tertiary alicyclic amines) is 1. The molecule has 1 atom stereocenters. The highest BCUT2D eigenvalue weighted by Crippen LogP contribution is 2.27. The fourth-order valence-corrected chi connectivity index (χ4v) is 3.03. The molecular weight excluding hydrogens is 322 g/mol. The molecule has 0 aromatic heterocycles. The quantitative estimate of drug-likeness (QED) is 0.863. The van der Waals surface area contributed by atoms with Crippen LogP contribution in [0.5, 0.6) is 5.75 Å². The average molecular weight is 342 g/mol. The van der Waals surface area contributed by atoms with E-state index in [1.807, 2.05) is 12.1 Å². The Morgan fingerprint density at radius 2 is 2.35 bits per heavy atom. The Morgan fingerprint density at radius 3 is 3.05 bits per heavy atom. The predicted molar refractivity (Wildman–Crippen MR) is 80.9 cm³/mol. The summed E-state index contributed by atoms with van der Waals surface area (Å²) >= 11 is 3.57. The van der Waals surface area contributed by atoms with E-state index in [0.29, 0.717) is 5.92 Å². The van der Waals surface area contributed by atoms with E-state index in [4.69, 9.17) is 9.84 Å². The van der Waals surface area contributed by atoms with Crippen molar-refractivity contribution in [2.45, 2.75) is 25.8 Å². The van der Waals surface area contributed by atoms with Crippen molar-refractivity contribution >= 4 is 21.9 Å². The first-order chi connectivity index (χ1) is 9.58. The summed E-state index contributed by atoms with van der Waals surface area (Å²) in [4.78, 5) is 13.0. The Balaban J connectivity index is 1.90. The fraction of sp³-hybridized carbons (Fsp3) is 0.533. The van der Waals surface area contributed by atoms with Crippen molar-refractivity contribution in [2.24, 2.45) is 5.92 Å². The van der Waals surface area contributed by atoms with Crippen molar-refractivity contribution in [1.29, 1.82) is 0 Å². The zero-order chi connectivity index (χ0) is 14.5. The van der Waals surface area contributed by atoms with E-state index in [1.54, 1.807) is 7.11 Å². The number of ether oxygens (including phenoxy) is 1. The Hall–Kier alpha value is -1.07. The summed E-state index contributed by atoms with van der Waals surface area (Å²) in [5.41, 5.74) is 1.21. The highest BCUT2D eigenvalue weighted by molar-refractivity contribution is 9.10. The molecular formula is C15H20BrNO3. The lowest BCUT2D eigenvalue weighted by Gasteiger charge is -2.17. The molecule has 0 saturated carbocycles. The molecule has 1 saturated heterocycles. The lowest BCUT2D eigenvalue weighted by molar-refractivity contribution is -0.137. The SMILES string of the molecule is COc1ccc(Br)c(CN2CCC(CCC(=O)O)C2)c1. The van der Waals surface area contributed by atoms with Gasteiger partial charge < -0.3 is 9.84 Å². The molecule has 1 aliphatic heterocycles. The second kappa shape index (κ2) is 7.09. The zero-order valence-corrected chi connectivity index (χ0v) is 13.2. The number of aliphatic carboxylic acids is 1. The summed E-state index contributed by atoms with van der Waals surface area (Å²) in [6.45, 7) is 2.90. The molecule has 1 aromatic rings. The third-order valence-electron chi connectivity index (χ3n) is 3.78. The maximum atomic E-state index is 10.6. The molecule has 1 unspecified atom stereocenters. The van der Waals surface area contributed by atoms with Crippen LogP contribution in [0, 0.1) is 5.92 Å². The van der Waals surface area contributed by atoms with Gasteiger partial charge in [-0.15, -0.1) is 0 Å². The second-order valence-electron chi connectivity index (χ2n) is 5.28. The summed E-state index contributed by atoms with van der Waals surface area (Å²) in [5, 5.41) is 8.74. The van der Waals surface area contributed by atoms with Crippen molar-refractivity contribution in [1.82, 2.24) is 4.90 Å². The van der Waals surface area contributed by atoms with E-state index in [0.717, 1.165) is 42.7 Å². The number of rotatable bonds is 6. The number of benzene rings is 1. The van der Waals surface area contributed by atoms with E-state index in [2.05, 4.69) is 26.9 Å². The molecule has 0 spiro atoms. The maximum Gasteiger partial charge on any atom is 0.303 e. The molecule has 1 aliphatic rings. The molecule has 0 radical (unpaired) electrons. The van der Waals surface area contributed by atoms with Gasteiger partial charge in [-0.1, -0.05) is 15.9 Å². The molecule has 5 heteroatoms. The number of halogens is 1. The molecule has 20 heavy (non-hydrogen) atoms. The summed E-state index contributed by atoms with van der Waals surface area (Å²) in [5.74, 6) is 0.680. The summed E-state index contributed by atoms with van der Waals surface area (Å²) in [6, 6.07) is 5.99. The van der Waals surface area contributed by atoms with Crippen molar-refractivity contribution in [2.75, 3.05) is 20.2 Å². The number of hydrogen-bond donors (Lipinski definition) is 1. The van der Waals surface area contributed by atoms with Crippen LogP contribution in [-0.4, -0.2) is 36.2 Å². The monoisotopic (exact) mass is 341 g/mol. The van der Waals surface area contributed by atoms with E-state index in [9.17, 15) is 4.79 Å². The van der Waals surface area contributed by atoms with Gasteiger partial charge in [-0.3, -0.25) is 9.69 Å². The van der Waals surface area contributed by atoms with Crippen LogP contribution in [0.15, 0.2) is 22.7 Å². The standard InChI is InChI=1S/C15H20BrNO3/c1-20-13-3-4-14(16)12(8-13)10-17-7-6-11(9-17)2-5-15(18)19/h3-4,8,11H,2,5-7,9-10H2,1H3,(H,18,19). The van der Waals surface area contributed by atoms with Gasteiger partial charge in [0.25, 0.3) is 0 Å². The Kier molecular flexibility index (Phi) is 5.43. The molecule has 0 aliphatic carbocycles. The highest BCUT2D eigenvalue weighted by atomic mass is 79.9. The second-order valence-corrected chi connectivity index (χ2v) is 6.13. The van der Waals surface area contributed by atoms with E-state index < -0.39 is 5.97 Å². The summed E-state index contributed by atoms with van der Waals surface area (Å²) in [6.07, 6.45) is 2.15. The third-order valence-corrected chi connectivity index (χ3v) is 4.56. The Morgan fingerprint density at radius 1 is 1.55 bits per heavy atom. The minimum Gasteiger partial charge on any atom is -0.497 e.